The lowest BCUT2D eigenvalue weighted by molar-refractivity contribution is -0.149. The predicted molar refractivity (Wildman–Crippen MR) is 48.3 cm³/mol. The summed E-state index contributed by atoms with van der Waals surface area (Å²) in [7, 11) is 0. The summed E-state index contributed by atoms with van der Waals surface area (Å²) < 4.78 is 5.08. The summed E-state index contributed by atoms with van der Waals surface area (Å²) in [6, 6.07) is -0.0404. The van der Waals surface area contributed by atoms with Gasteiger partial charge in [-0.05, 0) is 6.42 Å². The molecule has 2 bridgehead atoms. The summed E-state index contributed by atoms with van der Waals surface area (Å²) in [5.74, 6) is -0.254. The van der Waals surface area contributed by atoms with E-state index in [1.165, 1.54) is 6.92 Å². The van der Waals surface area contributed by atoms with E-state index in [0.29, 0.717) is 6.42 Å². The molecule has 0 spiro atoms. The van der Waals surface area contributed by atoms with Crippen molar-refractivity contribution < 1.29 is 14.3 Å². The molecule has 72 valence electrons. The van der Waals surface area contributed by atoms with Crippen LogP contribution in [0, 0.1) is 5.92 Å². The third-order valence-corrected chi connectivity index (χ3v) is 3.78. The van der Waals surface area contributed by atoms with Gasteiger partial charge in [0.1, 0.15) is 6.10 Å². The summed E-state index contributed by atoms with van der Waals surface area (Å²) in [5, 5.41) is 2.80. The van der Waals surface area contributed by atoms with E-state index < -0.39 is 0 Å². The Morgan fingerprint density at radius 2 is 2.38 bits per heavy atom. The summed E-state index contributed by atoms with van der Waals surface area (Å²) in [4.78, 5) is 22.0. The maximum absolute atomic E-state index is 11.2. The van der Waals surface area contributed by atoms with Crippen molar-refractivity contribution in [3.8, 4) is 0 Å². The van der Waals surface area contributed by atoms with Gasteiger partial charge < -0.3 is 10.1 Å². The standard InChI is InChI=1S/C8H10BrNO3/c1-3(11)13-5-2-4-6(9)7(5)10-8(4)12/h4-7H,2H2,1H3,(H,10,12)/t4-,5-,6+,7+/m0/s1. The van der Waals surface area contributed by atoms with E-state index in [1.807, 2.05) is 0 Å². The van der Waals surface area contributed by atoms with Crippen molar-refractivity contribution in [3.05, 3.63) is 0 Å². The number of hydrogen-bond acceptors (Lipinski definition) is 3. The van der Waals surface area contributed by atoms with Crippen LogP contribution in [-0.2, 0) is 14.3 Å². The molecule has 1 N–H and O–H groups in total. The Kier molecular flexibility index (Phi) is 2.06. The van der Waals surface area contributed by atoms with E-state index >= 15 is 0 Å². The fraction of sp³-hybridized carbons (Fsp3) is 0.750. The number of alkyl halides is 1. The molecular formula is C8H10BrNO3. The minimum absolute atomic E-state index is 0.0330. The minimum Gasteiger partial charge on any atom is -0.460 e. The van der Waals surface area contributed by atoms with Crippen LogP contribution in [0.15, 0.2) is 0 Å². The molecule has 13 heavy (non-hydrogen) atoms. The van der Waals surface area contributed by atoms with Crippen molar-refractivity contribution in [2.75, 3.05) is 0 Å². The molecule has 1 aliphatic heterocycles. The van der Waals surface area contributed by atoms with Crippen LogP contribution < -0.4 is 5.32 Å². The molecule has 2 rings (SSSR count). The van der Waals surface area contributed by atoms with Crippen molar-refractivity contribution in [1.82, 2.24) is 5.32 Å². The van der Waals surface area contributed by atoms with Crippen LogP contribution in [0.25, 0.3) is 0 Å². The first-order valence-electron chi connectivity index (χ1n) is 4.21. The molecule has 0 radical (unpaired) electrons. The van der Waals surface area contributed by atoms with E-state index in [2.05, 4.69) is 21.2 Å². The molecule has 1 saturated heterocycles. The van der Waals surface area contributed by atoms with E-state index in [9.17, 15) is 9.59 Å². The molecule has 0 aromatic carbocycles. The van der Waals surface area contributed by atoms with Crippen molar-refractivity contribution in [1.29, 1.82) is 0 Å². The Labute approximate surface area is 84.1 Å². The summed E-state index contributed by atoms with van der Waals surface area (Å²) >= 11 is 3.43. The first-order chi connectivity index (χ1) is 6.09. The van der Waals surface area contributed by atoms with Crippen LogP contribution in [0.2, 0.25) is 0 Å². The zero-order chi connectivity index (χ0) is 9.59. The van der Waals surface area contributed by atoms with Crippen molar-refractivity contribution in [2.45, 2.75) is 30.3 Å². The van der Waals surface area contributed by atoms with Gasteiger partial charge in [0.05, 0.1) is 16.8 Å². The Morgan fingerprint density at radius 1 is 1.69 bits per heavy atom. The van der Waals surface area contributed by atoms with E-state index in [0.717, 1.165) is 0 Å². The third kappa shape index (κ3) is 1.35. The summed E-state index contributed by atoms with van der Waals surface area (Å²) in [5.41, 5.74) is 0. The molecule has 1 amide bonds. The fourth-order valence-corrected chi connectivity index (χ4v) is 2.94. The van der Waals surface area contributed by atoms with Crippen LogP contribution in [-0.4, -0.2) is 28.8 Å². The normalized spacial score (nSPS) is 41.8. The van der Waals surface area contributed by atoms with Crippen molar-refractivity contribution in [3.63, 3.8) is 0 Å². The molecule has 0 unspecified atom stereocenters. The second-order valence-corrected chi connectivity index (χ2v) is 4.53. The molecule has 0 aromatic heterocycles. The lowest BCUT2D eigenvalue weighted by Crippen LogP contribution is -2.43. The van der Waals surface area contributed by atoms with Crippen LogP contribution >= 0.6 is 15.9 Å². The highest BCUT2D eigenvalue weighted by molar-refractivity contribution is 9.09. The monoisotopic (exact) mass is 247 g/mol. The number of fused-ring (bicyclic) bond motifs is 2. The van der Waals surface area contributed by atoms with Gasteiger partial charge in [-0.2, -0.15) is 0 Å². The molecule has 1 heterocycles. The number of ether oxygens (including phenoxy) is 1. The molecule has 4 atom stereocenters. The molecular weight excluding hydrogens is 238 g/mol. The molecule has 2 fully saturated rings. The Bertz CT molecular complexity index is 268. The number of hydrogen-bond donors (Lipinski definition) is 1. The van der Waals surface area contributed by atoms with Gasteiger partial charge in [-0.1, -0.05) is 15.9 Å². The topological polar surface area (TPSA) is 55.4 Å². The zero-order valence-electron chi connectivity index (χ0n) is 7.12. The molecule has 1 aliphatic carbocycles. The smallest absolute Gasteiger partial charge is 0.302 e. The van der Waals surface area contributed by atoms with Gasteiger partial charge in [-0.25, -0.2) is 0 Å². The highest BCUT2D eigenvalue weighted by Crippen LogP contribution is 2.39. The second-order valence-electron chi connectivity index (χ2n) is 3.47. The second kappa shape index (κ2) is 2.97. The van der Waals surface area contributed by atoms with Gasteiger partial charge >= 0.3 is 5.97 Å². The molecule has 2 aliphatic rings. The Balaban J connectivity index is 2.06. The predicted octanol–water partition coefficient (Wildman–Crippen LogP) is 0.200. The molecule has 1 saturated carbocycles. The van der Waals surface area contributed by atoms with Gasteiger partial charge in [0.25, 0.3) is 0 Å². The average molecular weight is 248 g/mol. The van der Waals surface area contributed by atoms with Gasteiger partial charge in [0.2, 0.25) is 5.91 Å². The third-order valence-electron chi connectivity index (χ3n) is 2.58. The number of halogens is 1. The van der Waals surface area contributed by atoms with Gasteiger partial charge in [-0.15, -0.1) is 0 Å². The maximum Gasteiger partial charge on any atom is 0.302 e. The lowest BCUT2D eigenvalue weighted by atomic mass is 10.1. The number of rotatable bonds is 1. The van der Waals surface area contributed by atoms with Crippen LogP contribution in [0.5, 0.6) is 0 Å². The van der Waals surface area contributed by atoms with Gasteiger partial charge in [-0.3, -0.25) is 9.59 Å². The van der Waals surface area contributed by atoms with E-state index in [-0.39, 0.29) is 34.8 Å². The molecule has 4 nitrogen and oxygen atoms in total. The van der Waals surface area contributed by atoms with E-state index in [4.69, 9.17) is 4.74 Å². The number of carbonyl (C=O) groups excluding carboxylic acids is 2. The molecule has 0 aromatic rings. The first-order valence-corrected chi connectivity index (χ1v) is 5.13. The fourth-order valence-electron chi connectivity index (χ4n) is 2.01. The zero-order valence-corrected chi connectivity index (χ0v) is 8.71. The lowest BCUT2D eigenvalue weighted by Gasteiger charge is -2.21. The highest BCUT2D eigenvalue weighted by Gasteiger charge is 2.53. The van der Waals surface area contributed by atoms with Crippen LogP contribution in [0.4, 0.5) is 0 Å². The number of esters is 1. The SMILES string of the molecule is CC(=O)O[C@H]1C[C@@H]2C(=O)N[C@H]1[C@@H]2Br. The number of nitrogens with one attached hydrogen (secondary N) is 1. The Hall–Kier alpha value is -0.580. The quantitative estimate of drug-likeness (QED) is 0.532. The van der Waals surface area contributed by atoms with Crippen LogP contribution in [0.3, 0.4) is 0 Å². The average Bonchev–Trinajstić information content (AvgIpc) is 2.43. The van der Waals surface area contributed by atoms with Crippen LogP contribution in [0.1, 0.15) is 13.3 Å². The minimum atomic E-state index is -0.286. The molecule has 5 heteroatoms. The van der Waals surface area contributed by atoms with Gasteiger partial charge in [0, 0.05) is 6.92 Å². The van der Waals surface area contributed by atoms with Gasteiger partial charge in [0.15, 0.2) is 0 Å². The van der Waals surface area contributed by atoms with Crippen molar-refractivity contribution in [2.24, 2.45) is 5.92 Å². The summed E-state index contributed by atoms with van der Waals surface area (Å²) in [6.07, 6.45) is 0.496. The summed E-state index contributed by atoms with van der Waals surface area (Å²) in [6.45, 7) is 1.39. The maximum atomic E-state index is 11.2. The van der Waals surface area contributed by atoms with Crippen molar-refractivity contribution >= 4 is 27.8 Å². The number of carbonyl (C=O) groups is 2. The van der Waals surface area contributed by atoms with E-state index in [1.54, 1.807) is 0 Å². The Morgan fingerprint density at radius 3 is 2.77 bits per heavy atom. The largest absolute Gasteiger partial charge is 0.460 e. The highest BCUT2D eigenvalue weighted by atomic mass is 79.9. The number of piperidine rings is 1. The number of amides is 1. The first kappa shape index (κ1) is 8.99.